The Hall–Kier alpha value is -1.06. The third-order valence-corrected chi connectivity index (χ3v) is 5.08. The summed E-state index contributed by atoms with van der Waals surface area (Å²) >= 11 is 0. The molecule has 2 rings (SSSR count). The lowest BCUT2D eigenvalue weighted by molar-refractivity contribution is -0.0424. The van der Waals surface area contributed by atoms with Crippen LogP contribution in [0.4, 0.5) is 0 Å². The lowest BCUT2D eigenvalue weighted by Crippen LogP contribution is -2.56. The molecule has 3 heteroatoms. The molecule has 3 unspecified atom stereocenters. The van der Waals surface area contributed by atoms with Gasteiger partial charge in [-0.25, -0.2) is 0 Å². The molecule has 0 heterocycles. The van der Waals surface area contributed by atoms with Crippen LogP contribution in [0.25, 0.3) is 0 Å². The number of hydrogen-bond acceptors (Lipinski definition) is 3. The van der Waals surface area contributed by atoms with E-state index in [0.29, 0.717) is 12.3 Å². The minimum atomic E-state index is -0.345. The van der Waals surface area contributed by atoms with E-state index in [-0.39, 0.29) is 11.6 Å². The lowest BCUT2D eigenvalue weighted by atomic mass is 9.71. The molecule has 0 radical (unpaired) electrons. The van der Waals surface area contributed by atoms with Crippen LogP contribution in [0.15, 0.2) is 24.3 Å². The fraction of sp³-hybridized carbons (Fsp3) is 0.667. The van der Waals surface area contributed by atoms with Crippen molar-refractivity contribution in [3.05, 3.63) is 29.8 Å². The van der Waals surface area contributed by atoms with E-state index < -0.39 is 0 Å². The Morgan fingerprint density at radius 1 is 1.43 bits per heavy atom. The molecule has 0 spiro atoms. The van der Waals surface area contributed by atoms with Crippen molar-refractivity contribution in [1.29, 1.82) is 0 Å². The first-order chi connectivity index (χ1) is 9.98. The maximum atomic E-state index is 10.9. The topological polar surface area (TPSA) is 32.7 Å². The van der Waals surface area contributed by atoms with Crippen LogP contribution in [-0.4, -0.2) is 42.9 Å². The van der Waals surface area contributed by atoms with Crippen LogP contribution in [0.3, 0.4) is 0 Å². The van der Waals surface area contributed by atoms with E-state index in [2.05, 4.69) is 32.0 Å². The predicted octanol–water partition coefficient (Wildman–Crippen LogP) is 3.11. The largest absolute Gasteiger partial charge is 0.497 e. The number of hydrogen-bond donors (Lipinski definition) is 1. The van der Waals surface area contributed by atoms with Crippen LogP contribution in [0.2, 0.25) is 0 Å². The molecule has 0 saturated heterocycles. The summed E-state index contributed by atoms with van der Waals surface area (Å²) in [6.45, 7) is 2.30. The highest BCUT2D eigenvalue weighted by atomic mass is 16.5. The average molecular weight is 291 g/mol. The van der Waals surface area contributed by atoms with Crippen molar-refractivity contribution in [1.82, 2.24) is 4.90 Å². The summed E-state index contributed by atoms with van der Waals surface area (Å²) in [4.78, 5) is 2.24. The summed E-state index contributed by atoms with van der Waals surface area (Å²) in [5, 5.41) is 10.9. The number of likely N-dealkylation sites (N-methyl/N-ethyl adjacent to an activating group) is 1. The Balaban J connectivity index is 2.16. The predicted molar refractivity (Wildman–Crippen MR) is 86.8 cm³/mol. The van der Waals surface area contributed by atoms with Crippen molar-refractivity contribution in [3.63, 3.8) is 0 Å². The Kier molecular flexibility index (Phi) is 5.28. The molecule has 1 aliphatic rings. The maximum Gasteiger partial charge on any atom is 0.119 e. The highest BCUT2D eigenvalue weighted by Crippen LogP contribution is 2.39. The normalized spacial score (nSPS) is 27.6. The van der Waals surface area contributed by atoms with E-state index in [1.807, 2.05) is 18.2 Å². The Bertz CT molecular complexity index is 460. The SMILES string of the molecule is COc1cccc(CC(O)C2(N(C)C)CCCC(C)C2)c1. The van der Waals surface area contributed by atoms with Gasteiger partial charge in [0.2, 0.25) is 0 Å². The van der Waals surface area contributed by atoms with Gasteiger partial charge in [0.15, 0.2) is 0 Å². The summed E-state index contributed by atoms with van der Waals surface area (Å²) in [6.07, 6.45) is 4.97. The zero-order valence-electron chi connectivity index (χ0n) is 13.8. The maximum absolute atomic E-state index is 10.9. The van der Waals surface area contributed by atoms with Gasteiger partial charge in [0.25, 0.3) is 0 Å². The first-order valence-electron chi connectivity index (χ1n) is 7.96. The first kappa shape index (κ1) is 16.3. The van der Waals surface area contributed by atoms with Gasteiger partial charge >= 0.3 is 0 Å². The number of ether oxygens (including phenoxy) is 1. The summed E-state index contributed by atoms with van der Waals surface area (Å²) < 4.78 is 5.28. The minimum Gasteiger partial charge on any atom is -0.497 e. The summed E-state index contributed by atoms with van der Waals surface area (Å²) in [7, 11) is 5.89. The van der Waals surface area contributed by atoms with Crippen molar-refractivity contribution in [2.45, 2.75) is 50.7 Å². The fourth-order valence-corrected chi connectivity index (χ4v) is 3.78. The third kappa shape index (κ3) is 3.58. The van der Waals surface area contributed by atoms with E-state index >= 15 is 0 Å². The molecule has 1 fully saturated rings. The van der Waals surface area contributed by atoms with E-state index in [1.54, 1.807) is 7.11 Å². The van der Waals surface area contributed by atoms with Gasteiger partial charge in [-0.3, -0.25) is 0 Å². The Morgan fingerprint density at radius 2 is 2.19 bits per heavy atom. The molecular formula is C18H29NO2. The van der Waals surface area contributed by atoms with Crippen LogP contribution < -0.4 is 4.74 Å². The standard InChI is InChI=1S/C18H29NO2/c1-14-7-6-10-18(13-14,19(2)3)17(20)12-15-8-5-9-16(11-15)21-4/h5,8-9,11,14,17,20H,6-7,10,12-13H2,1-4H3. The van der Waals surface area contributed by atoms with E-state index in [4.69, 9.17) is 4.74 Å². The van der Waals surface area contributed by atoms with Crippen LogP contribution >= 0.6 is 0 Å². The van der Waals surface area contributed by atoms with Crippen LogP contribution in [0.5, 0.6) is 5.75 Å². The molecule has 118 valence electrons. The summed E-state index contributed by atoms with van der Waals surface area (Å²) in [5.41, 5.74) is 1.04. The molecule has 3 atom stereocenters. The molecule has 1 aliphatic carbocycles. The molecule has 0 aliphatic heterocycles. The number of methoxy groups -OCH3 is 1. The van der Waals surface area contributed by atoms with Crippen molar-refractivity contribution in [2.24, 2.45) is 5.92 Å². The summed E-state index contributed by atoms with van der Waals surface area (Å²) in [6, 6.07) is 8.03. The number of aliphatic hydroxyl groups excluding tert-OH is 1. The Morgan fingerprint density at radius 3 is 2.81 bits per heavy atom. The van der Waals surface area contributed by atoms with E-state index in [0.717, 1.165) is 24.2 Å². The van der Waals surface area contributed by atoms with E-state index in [1.165, 1.54) is 12.8 Å². The molecule has 1 aromatic carbocycles. The van der Waals surface area contributed by atoms with Crippen molar-refractivity contribution >= 4 is 0 Å². The smallest absolute Gasteiger partial charge is 0.119 e. The quantitative estimate of drug-likeness (QED) is 0.905. The first-order valence-corrected chi connectivity index (χ1v) is 7.96. The second-order valence-corrected chi connectivity index (χ2v) is 6.77. The van der Waals surface area contributed by atoms with Gasteiger partial charge < -0.3 is 14.7 Å². The van der Waals surface area contributed by atoms with Gasteiger partial charge in [-0.05, 0) is 50.6 Å². The molecule has 21 heavy (non-hydrogen) atoms. The van der Waals surface area contributed by atoms with Gasteiger partial charge in [0, 0.05) is 12.0 Å². The highest BCUT2D eigenvalue weighted by Gasteiger charge is 2.42. The van der Waals surface area contributed by atoms with E-state index in [9.17, 15) is 5.11 Å². The number of nitrogens with zero attached hydrogens (tertiary/aromatic N) is 1. The molecular weight excluding hydrogens is 262 g/mol. The second kappa shape index (κ2) is 6.80. The minimum absolute atomic E-state index is 0.0965. The molecule has 0 amide bonds. The molecule has 0 bridgehead atoms. The van der Waals surface area contributed by atoms with Crippen molar-refractivity contribution in [2.75, 3.05) is 21.2 Å². The fourth-order valence-electron chi connectivity index (χ4n) is 3.78. The van der Waals surface area contributed by atoms with Gasteiger partial charge in [-0.1, -0.05) is 31.9 Å². The zero-order valence-corrected chi connectivity index (χ0v) is 13.8. The van der Waals surface area contributed by atoms with Crippen molar-refractivity contribution < 1.29 is 9.84 Å². The summed E-state index contributed by atoms with van der Waals surface area (Å²) in [5.74, 6) is 1.54. The van der Waals surface area contributed by atoms with Gasteiger partial charge in [-0.15, -0.1) is 0 Å². The van der Waals surface area contributed by atoms with Crippen LogP contribution in [-0.2, 0) is 6.42 Å². The monoisotopic (exact) mass is 291 g/mol. The average Bonchev–Trinajstić information content (AvgIpc) is 2.47. The number of rotatable bonds is 5. The molecule has 1 N–H and O–H groups in total. The highest BCUT2D eigenvalue weighted by molar-refractivity contribution is 5.29. The molecule has 3 nitrogen and oxygen atoms in total. The molecule has 1 saturated carbocycles. The zero-order chi connectivity index (χ0) is 15.5. The lowest BCUT2D eigenvalue weighted by Gasteiger charge is -2.48. The third-order valence-electron chi connectivity index (χ3n) is 5.08. The van der Waals surface area contributed by atoms with Gasteiger partial charge in [-0.2, -0.15) is 0 Å². The number of aliphatic hydroxyl groups is 1. The van der Waals surface area contributed by atoms with Gasteiger partial charge in [0.1, 0.15) is 5.75 Å². The Labute approximate surface area is 128 Å². The van der Waals surface area contributed by atoms with Crippen molar-refractivity contribution in [3.8, 4) is 5.75 Å². The van der Waals surface area contributed by atoms with Gasteiger partial charge in [0.05, 0.1) is 13.2 Å². The number of benzene rings is 1. The molecule has 1 aromatic rings. The van der Waals surface area contributed by atoms with Crippen LogP contribution in [0.1, 0.15) is 38.2 Å². The van der Waals surface area contributed by atoms with Crippen LogP contribution in [0, 0.1) is 5.92 Å². The second-order valence-electron chi connectivity index (χ2n) is 6.77. The molecule has 0 aromatic heterocycles.